The second-order valence-corrected chi connectivity index (χ2v) is 5.69. The Morgan fingerprint density at radius 1 is 1.20 bits per heavy atom. The van der Waals surface area contributed by atoms with E-state index in [1.165, 1.54) is 12.4 Å². The predicted octanol–water partition coefficient (Wildman–Crippen LogP) is 1.80. The zero-order valence-corrected chi connectivity index (χ0v) is 13.2. The molecule has 1 aliphatic heterocycles. The highest BCUT2D eigenvalue weighted by Crippen LogP contribution is 2.19. The van der Waals surface area contributed by atoms with Crippen LogP contribution in [0.15, 0.2) is 48.8 Å². The van der Waals surface area contributed by atoms with E-state index < -0.39 is 0 Å². The zero-order valence-electron chi connectivity index (χ0n) is 13.2. The number of nitriles is 1. The molecule has 1 amide bonds. The summed E-state index contributed by atoms with van der Waals surface area (Å²) in [5, 5.41) is 8.88. The molecule has 0 atom stereocenters. The maximum atomic E-state index is 12.5. The fourth-order valence-electron chi connectivity index (χ4n) is 2.61. The van der Waals surface area contributed by atoms with E-state index in [-0.39, 0.29) is 12.0 Å². The van der Waals surface area contributed by atoms with Crippen LogP contribution in [0.1, 0.15) is 16.1 Å². The molecular formula is C18H13N5O2. The van der Waals surface area contributed by atoms with Crippen molar-refractivity contribution in [2.75, 3.05) is 13.1 Å². The molecule has 0 unspecified atom stereocenters. The van der Waals surface area contributed by atoms with Crippen LogP contribution in [0.4, 0.5) is 0 Å². The molecule has 0 radical (unpaired) electrons. The van der Waals surface area contributed by atoms with Crippen molar-refractivity contribution in [1.82, 2.24) is 19.9 Å². The van der Waals surface area contributed by atoms with Gasteiger partial charge >= 0.3 is 0 Å². The van der Waals surface area contributed by atoms with Gasteiger partial charge in [-0.3, -0.25) is 9.78 Å². The van der Waals surface area contributed by atoms with E-state index in [0.717, 1.165) is 5.52 Å². The minimum atomic E-state index is -0.170. The summed E-state index contributed by atoms with van der Waals surface area (Å²) in [4.78, 5) is 26.8. The summed E-state index contributed by atoms with van der Waals surface area (Å²) in [6.07, 6.45) is 2.88. The molecule has 0 saturated carbocycles. The lowest BCUT2D eigenvalue weighted by atomic mass is 10.1. The summed E-state index contributed by atoms with van der Waals surface area (Å²) in [6, 6.07) is 12.7. The number of amides is 1. The van der Waals surface area contributed by atoms with Crippen LogP contribution in [0.2, 0.25) is 0 Å². The summed E-state index contributed by atoms with van der Waals surface area (Å²) in [5.74, 6) is 0.221. The van der Waals surface area contributed by atoms with Crippen LogP contribution in [-0.2, 0) is 0 Å². The quantitative estimate of drug-likeness (QED) is 0.726. The normalized spacial score (nSPS) is 14.0. The molecule has 1 aliphatic rings. The van der Waals surface area contributed by atoms with Crippen molar-refractivity contribution in [3.05, 3.63) is 60.0 Å². The van der Waals surface area contributed by atoms with E-state index >= 15 is 0 Å². The summed E-state index contributed by atoms with van der Waals surface area (Å²) >= 11 is 0. The molecule has 0 N–H and O–H groups in total. The maximum absolute atomic E-state index is 12.5. The van der Waals surface area contributed by atoms with E-state index in [4.69, 9.17) is 10.00 Å². The highest BCUT2D eigenvalue weighted by atomic mass is 16.5. The predicted molar refractivity (Wildman–Crippen MR) is 88.8 cm³/mol. The molecule has 2 aromatic heterocycles. The Kier molecular flexibility index (Phi) is 3.71. The van der Waals surface area contributed by atoms with Crippen molar-refractivity contribution < 1.29 is 9.53 Å². The third-order valence-electron chi connectivity index (χ3n) is 3.95. The number of aromatic nitrogens is 3. The Hall–Kier alpha value is -3.53. The first-order valence-corrected chi connectivity index (χ1v) is 7.77. The Morgan fingerprint density at radius 2 is 2.00 bits per heavy atom. The molecule has 0 aliphatic carbocycles. The molecule has 0 spiro atoms. The second-order valence-electron chi connectivity index (χ2n) is 5.69. The Labute approximate surface area is 143 Å². The van der Waals surface area contributed by atoms with Gasteiger partial charge in [-0.1, -0.05) is 12.1 Å². The van der Waals surface area contributed by atoms with Crippen LogP contribution in [0.5, 0.6) is 5.88 Å². The topological polar surface area (TPSA) is 92.0 Å². The number of hydrogen-bond donors (Lipinski definition) is 0. The molecule has 4 rings (SSSR count). The average Bonchev–Trinajstić information content (AvgIpc) is 2.63. The molecule has 3 aromatic rings. The molecule has 7 heteroatoms. The van der Waals surface area contributed by atoms with Crippen LogP contribution in [0.25, 0.3) is 11.0 Å². The van der Waals surface area contributed by atoms with Gasteiger partial charge in [0.1, 0.15) is 11.8 Å². The van der Waals surface area contributed by atoms with Gasteiger partial charge < -0.3 is 9.64 Å². The second kappa shape index (κ2) is 6.17. The van der Waals surface area contributed by atoms with Crippen molar-refractivity contribution in [2.45, 2.75) is 6.10 Å². The van der Waals surface area contributed by atoms with Gasteiger partial charge in [0.2, 0.25) is 5.88 Å². The molecule has 1 fully saturated rings. The fraction of sp³-hybridized carbons (Fsp3) is 0.167. The zero-order chi connectivity index (χ0) is 17.2. The minimum Gasteiger partial charge on any atom is -0.471 e. The van der Waals surface area contributed by atoms with E-state index in [1.807, 2.05) is 30.3 Å². The number of pyridine rings is 1. The number of ether oxygens (including phenoxy) is 1. The number of nitrogens with zero attached hydrogens (tertiary/aromatic N) is 5. The lowest BCUT2D eigenvalue weighted by molar-refractivity contribution is 0.0155. The molecule has 0 bridgehead atoms. The van der Waals surface area contributed by atoms with Crippen LogP contribution < -0.4 is 4.74 Å². The van der Waals surface area contributed by atoms with E-state index in [9.17, 15) is 4.79 Å². The molecule has 7 nitrogen and oxygen atoms in total. The molecule has 25 heavy (non-hydrogen) atoms. The molecule has 1 aromatic carbocycles. The smallest absolute Gasteiger partial charge is 0.274 e. The summed E-state index contributed by atoms with van der Waals surface area (Å²) in [5.41, 5.74) is 2.26. The van der Waals surface area contributed by atoms with Gasteiger partial charge in [0.05, 0.1) is 42.0 Å². The van der Waals surface area contributed by atoms with Crippen molar-refractivity contribution in [2.24, 2.45) is 0 Å². The summed E-state index contributed by atoms with van der Waals surface area (Å²) in [7, 11) is 0. The number of hydrogen-bond acceptors (Lipinski definition) is 6. The highest BCUT2D eigenvalue weighted by Gasteiger charge is 2.34. The molecule has 122 valence electrons. The van der Waals surface area contributed by atoms with Crippen molar-refractivity contribution >= 4 is 16.9 Å². The third-order valence-corrected chi connectivity index (χ3v) is 3.95. The summed E-state index contributed by atoms with van der Waals surface area (Å²) in [6.45, 7) is 0.900. The molecule has 3 heterocycles. The van der Waals surface area contributed by atoms with Crippen LogP contribution >= 0.6 is 0 Å². The Morgan fingerprint density at radius 3 is 2.80 bits per heavy atom. The first kappa shape index (κ1) is 15.0. The molecular weight excluding hydrogens is 318 g/mol. The van der Waals surface area contributed by atoms with Gasteiger partial charge in [-0.05, 0) is 18.2 Å². The van der Waals surface area contributed by atoms with Gasteiger partial charge in [-0.15, -0.1) is 0 Å². The van der Waals surface area contributed by atoms with Crippen molar-refractivity contribution in [1.29, 1.82) is 5.26 Å². The van der Waals surface area contributed by atoms with Crippen LogP contribution in [0.3, 0.4) is 0 Å². The summed E-state index contributed by atoms with van der Waals surface area (Å²) < 4.78 is 5.69. The SMILES string of the molecule is N#Cc1ccnc(OC2CN(C(=O)c3cnc4ccccc4n3)C2)c1. The number of carbonyl (C=O) groups is 1. The fourth-order valence-corrected chi connectivity index (χ4v) is 2.61. The number of benzene rings is 1. The first-order chi connectivity index (χ1) is 12.2. The van der Waals surface area contributed by atoms with Gasteiger partial charge in [0, 0.05) is 12.3 Å². The lowest BCUT2D eigenvalue weighted by Crippen LogP contribution is -2.56. The standard InChI is InChI=1S/C18H13N5O2/c19-8-12-5-6-20-17(7-12)25-13-10-23(11-13)18(24)16-9-21-14-3-1-2-4-15(14)22-16/h1-7,9,13H,10-11H2. The minimum absolute atomic E-state index is 0.140. The number of rotatable bonds is 3. The van der Waals surface area contributed by atoms with E-state index in [2.05, 4.69) is 15.0 Å². The van der Waals surface area contributed by atoms with E-state index in [1.54, 1.807) is 17.0 Å². The lowest BCUT2D eigenvalue weighted by Gasteiger charge is -2.38. The largest absolute Gasteiger partial charge is 0.471 e. The number of likely N-dealkylation sites (tertiary alicyclic amines) is 1. The van der Waals surface area contributed by atoms with Gasteiger partial charge in [-0.2, -0.15) is 5.26 Å². The van der Waals surface area contributed by atoms with Gasteiger partial charge in [-0.25, -0.2) is 9.97 Å². The molecule has 1 saturated heterocycles. The Bertz CT molecular complexity index is 992. The third kappa shape index (κ3) is 2.97. The first-order valence-electron chi connectivity index (χ1n) is 7.77. The number of carbonyl (C=O) groups excluding carboxylic acids is 1. The Balaban J connectivity index is 1.41. The van der Waals surface area contributed by atoms with Gasteiger partial charge in [0.25, 0.3) is 5.91 Å². The number of fused-ring (bicyclic) bond motifs is 1. The van der Waals surface area contributed by atoms with E-state index in [0.29, 0.717) is 35.7 Å². The van der Waals surface area contributed by atoms with Crippen molar-refractivity contribution in [3.8, 4) is 11.9 Å². The average molecular weight is 331 g/mol. The maximum Gasteiger partial charge on any atom is 0.274 e. The van der Waals surface area contributed by atoms with Crippen molar-refractivity contribution in [3.63, 3.8) is 0 Å². The van der Waals surface area contributed by atoms with Crippen LogP contribution in [0, 0.1) is 11.3 Å². The monoisotopic (exact) mass is 331 g/mol. The van der Waals surface area contributed by atoms with Crippen LogP contribution in [-0.4, -0.2) is 45.0 Å². The number of para-hydroxylation sites is 2. The highest BCUT2D eigenvalue weighted by molar-refractivity contribution is 5.94. The van der Waals surface area contributed by atoms with Gasteiger partial charge in [0.15, 0.2) is 0 Å².